The van der Waals surface area contributed by atoms with Crippen molar-refractivity contribution in [3.05, 3.63) is 81.6 Å². The van der Waals surface area contributed by atoms with Crippen LogP contribution < -0.4 is 16.6 Å². The van der Waals surface area contributed by atoms with E-state index in [0.717, 1.165) is 17.3 Å². The van der Waals surface area contributed by atoms with Crippen LogP contribution in [-0.2, 0) is 11.2 Å². The van der Waals surface area contributed by atoms with Gasteiger partial charge in [0.25, 0.3) is 11.5 Å². The van der Waals surface area contributed by atoms with Gasteiger partial charge in [0.1, 0.15) is 0 Å². The van der Waals surface area contributed by atoms with Gasteiger partial charge in [-0.15, -0.1) is 0 Å². The molecule has 0 spiro atoms. The first-order chi connectivity index (χ1) is 13.9. The normalized spacial score (nSPS) is 10.5. The van der Waals surface area contributed by atoms with E-state index >= 15 is 0 Å². The molecule has 2 amide bonds. The third kappa shape index (κ3) is 5.23. The summed E-state index contributed by atoms with van der Waals surface area (Å²) in [5.74, 6) is -1.54. The van der Waals surface area contributed by atoms with Gasteiger partial charge in [-0.3, -0.25) is 14.4 Å². The quantitative estimate of drug-likeness (QED) is 0.347. The molecule has 0 saturated heterocycles. The zero-order valence-electron chi connectivity index (χ0n) is 15.2. The monoisotopic (exact) mass is 410 g/mol. The molecular formula is C20H18N4O4S. The number of aromatic nitrogens is 2. The number of benzene rings is 2. The van der Waals surface area contributed by atoms with Gasteiger partial charge in [0.05, 0.1) is 22.6 Å². The Labute approximate surface area is 170 Å². The number of carbonyl (C=O) groups excluding carboxylic acids is 2. The average molecular weight is 410 g/mol. The number of thioether (sulfide) groups is 1. The van der Waals surface area contributed by atoms with Gasteiger partial charge >= 0.3 is 0 Å². The van der Waals surface area contributed by atoms with Gasteiger partial charge in [0.15, 0.2) is 5.16 Å². The van der Waals surface area contributed by atoms with Crippen LogP contribution in [0.4, 0.5) is 5.69 Å². The number of aromatic amines is 1. The summed E-state index contributed by atoms with van der Waals surface area (Å²) in [7, 11) is 0. The Hall–Kier alpha value is -3.59. The van der Waals surface area contributed by atoms with Gasteiger partial charge < -0.3 is 21.1 Å². The van der Waals surface area contributed by atoms with Crippen molar-refractivity contribution >= 4 is 29.3 Å². The molecular weight excluding hydrogens is 392 g/mol. The van der Waals surface area contributed by atoms with Crippen molar-refractivity contribution in [2.45, 2.75) is 11.6 Å². The molecule has 0 aliphatic rings. The topological polar surface area (TPSA) is 138 Å². The number of nitrogens with two attached hydrogens (primary N) is 1. The van der Waals surface area contributed by atoms with Crippen LogP contribution in [0, 0.1) is 0 Å². The number of amides is 2. The van der Waals surface area contributed by atoms with Gasteiger partial charge in [-0.25, -0.2) is 0 Å². The summed E-state index contributed by atoms with van der Waals surface area (Å²) in [4.78, 5) is 42.4. The molecule has 3 rings (SSSR count). The number of hydrogen-bond donors (Lipinski definition) is 4. The van der Waals surface area contributed by atoms with E-state index in [-0.39, 0.29) is 34.3 Å². The molecule has 0 unspecified atom stereocenters. The molecule has 148 valence electrons. The molecule has 8 nitrogen and oxygen atoms in total. The van der Waals surface area contributed by atoms with Crippen molar-refractivity contribution < 1.29 is 14.7 Å². The van der Waals surface area contributed by atoms with E-state index in [9.17, 15) is 19.5 Å². The summed E-state index contributed by atoms with van der Waals surface area (Å²) < 4.78 is 0. The molecule has 0 radical (unpaired) electrons. The number of hydrogen-bond acceptors (Lipinski definition) is 6. The fraction of sp³-hybridized carbons (Fsp3) is 0.100. The Kier molecular flexibility index (Phi) is 6.30. The minimum Gasteiger partial charge on any atom is -0.493 e. The fourth-order valence-corrected chi connectivity index (χ4v) is 3.28. The highest BCUT2D eigenvalue weighted by atomic mass is 32.2. The predicted octanol–water partition coefficient (Wildman–Crippen LogP) is 1.90. The zero-order valence-corrected chi connectivity index (χ0v) is 16.0. The van der Waals surface area contributed by atoms with Gasteiger partial charge in [-0.2, -0.15) is 4.98 Å². The lowest BCUT2D eigenvalue weighted by atomic mass is 10.1. The maximum absolute atomic E-state index is 12.3. The van der Waals surface area contributed by atoms with Crippen molar-refractivity contribution in [1.82, 2.24) is 9.97 Å². The first kappa shape index (κ1) is 20.2. The molecule has 1 heterocycles. The van der Waals surface area contributed by atoms with Crippen LogP contribution in [0.25, 0.3) is 0 Å². The Morgan fingerprint density at radius 3 is 2.48 bits per heavy atom. The zero-order chi connectivity index (χ0) is 20.8. The maximum atomic E-state index is 12.3. The number of rotatable bonds is 7. The van der Waals surface area contributed by atoms with E-state index in [1.807, 2.05) is 30.3 Å². The number of carbonyl (C=O) groups is 2. The lowest BCUT2D eigenvalue weighted by molar-refractivity contribution is -0.113. The molecule has 1 aromatic heterocycles. The summed E-state index contributed by atoms with van der Waals surface area (Å²) in [6, 6.07) is 15.6. The molecule has 0 saturated carbocycles. The maximum Gasteiger partial charge on any atom is 0.258 e. The standard InChI is InChI=1S/C20H18N4O4S/c21-17(26)13-8-4-5-9-15(13)22-16(25)11-29-20-23-18(27)14(19(28)24-20)10-12-6-2-1-3-7-12/h1-9H,10-11H2,(H2,21,26)(H,22,25)(H2,23,24,27,28). The van der Waals surface area contributed by atoms with E-state index in [0.29, 0.717) is 5.69 Å². The van der Waals surface area contributed by atoms with Crippen molar-refractivity contribution in [2.24, 2.45) is 5.73 Å². The Bertz CT molecular complexity index is 1100. The number of anilines is 1. The minimum atomic E-state index is -0.654. The molecule has 3 aromatic rings. The third-order valence-electron chi connectivity index (χ3n) is 4.00. The second-order valence-electron chi connectivity index (χ2n) is 6.08. The molecule has 29 heavy (non-hydrogen) atoms. The first-order valence-electron chi connectivity index (χ1n) is 8.61. The molecule has 0 fully saturated rings. The van der Waals surface area contributed by atoms with Crippen molar-refractivity contribution in [1.29, 1.82) is 0 Å². The van der Waals surface area contributed by atoms with Crippen LogP contribution >= 0.6 is 11.8 Å². The van der Waals surface area contributed by atoms with Crippen LogP contribution in [0.2, 0.25) is 0 Å². The van der Waals surface area contributed by atoms with Crippen molar-refractivity contribution in [2.75, 3.05) is 11.1 Å². The second kappa shape index (κ2) is 9.07. The molecule has 0 aliphatic carbocycles. The minimum absolute atomic E-state index is 0.0898. The SMILES string of the molecule is NC(=O)c1ccccc1NC(=O)CSc1nc(O)c(Cc2ccccc2)c(=O)[nH]1. The number of aromatic hydroxyl groups is 1. The Morgan fingerprint density at radius 1 is 1.10 bits per heavy atom. The molecule has 0 aliphatic heterocycles. The van der Waals surface area contributed by atoms with E-state index in [4.69, 9.17) is 5.73 Å². The number of primary amides is 1. The van der Waals surface area contributed by atoms with Gasteiger partial charge in [0, 0.05) is 6.42 Å². The largest absolute Gasteiger partial charge is 0.493 e. The summed E-state index contributed by atoms with van der Waals surface area (Å²) in [5.41, 5.74) is 6.33. The predicted molar refractivity (Wildman–Crippen MR) is 110 cm³/mol. The summed E-state index contributed by atoms with van der Waals surface area (Å²) in [6.45, 7) is 0. The summed E-state index contributed by atoms with van der Waals surface area (Å²) >= 11 is 0.950. The number of H-pyrrole nitrogens is 1. The van der Waals surface area contributed by atoms with E-state index in [1.165, 1.54) is 6.07 Å². The van der Waals surface area contributed by atoms with E-state index in [2.05, 4.69) is 15.3 Å². The summed E-state index contributed by atoms with van der Waals surface area (Å²) in [6.07, 6.45) is 0.240. The average Bonchev–Trinajstić information content (AvgIpc) is 2.70. The molecule has 9 heteroatoms. The Balaban J connectivity index is 1.66. The first-order valence-corrected chi connectivity index (χ1v) is 9.60. The van der Waals surface area contributed by atoms with E-state index < -0.39 is 17.4 Å². The Morgan fingerprint density at radius 2 is 1.79 bits per heavy atom. The second-order valence-corrected chi connectivity index (χ2v) is 7.05. The highest BCUT2D eigenvalue weighted by Crippen LogP contribution is 2.20. The molecule has 0 bridgehead atoms. The smallest absolute Gasteiger partial charge is 0.258 e. The highest BCUT2D eigenvalue weighted by Gasteiger charge is 2.14. The lowest BCUT2D eigenvalue weighted by Gasteiger charge is -2.09. The highest BCUT2D eigenvalue weighted by molar-refractivity contribution is 7.99. The van der Waals surface area contributed by atoms with Gasteiger partial charge in [-0.05, 0) is 17.7 Å². The number of para-hydroxylation sites is 1. The van der Waals surface area contributed by atoms with Crippen molar-refractivity contribution in [3.63, 3.8) is 0 Å². The van der Waals surface area contributed by atoms with Crippen LogP contribution in [0.3, 0.4) is 0 Å². The number of nitrogens with one attached hydrogen (secondary N) is 2. The van der Waals surface area contributed by atoms with Crippen LogP contribution in [0.1, 0.15) is 21.5 Å². The van der Waals surface area contributed by atoms with E-state index in [1.54, 1.807) is 18.2 Å². The molecule has 2 aromatic carbocycles. The van der Waals surface area contributed by atoms with Crippen LogP contribution in [0.15, 0.2) is 64.5 Å². The molecule has 5 N–H and O–H groups in total. The number of nitrogens with zero attached hydrogens (tertiary/aromatic N) is 1. The van der Waals surface area contributed by atoms with Crippen LogP contribution in [-0.4, -0.2) is 32.6 Å². The molecule has 0 atom stereocenters. The van der Waals surface area contributed by atoms with Crippen molar-refractivity contribution in [3.8, 4) is 5.88 Å². The fourth-order valence-electron chi connectivity index (χ4n) is 2.62. The van der Waals surface area contributed by atoms with Gasteiger partial charge in [-0.1, -0.05) is 54.2 Å². The van der Waals surface area contributed by atoms with Gasteiger partial charge in [0.2, 0.25) is 11.8 Å². The summed E-state index contributed by atoms with van der Waals surface area (Å²) in [5, 5.41) is 12.8. The van der Waals surface area contributed by atoms with Crippen LogP contribution in [0.5, 0.6) is 5.88 Å². The lowest BCUT2D eigenvalue weighted by Crippen LogP contribution is -2.20. The third-order valence-corrected chi connectivity index (χ3v) is 4.88.